The molecule has 18 heavy (non-hydrogen) atoms. The molecule has 0 heterocycles. The maximum atomic E-state index is 12.9. The third-order valence-corrected chi connectivity index (χ3v) is 1.91. The lowest BCUT2D eigenvalue weighted by Crippen LogP contribution is -2.15. The van der Waals surface area contributed by atoms with Gasteiger partial charge in [-0.2, -0.15) is 13.2 Å². The van der Waals surface area contributed by atoms with E-state index in [9.17, 15) is 22.4 Å². The molecule has 0 aliphatic heterocycles. The number of halogens is 4. The van der Waals surface area contributed by atoms with Gasteiger partial charge in [0, 0.05) is 0 Å². The van der Waals surface area contributed by atoms with Gasteiger partial charge in [-0.15, -0.1) is 0 Å². The molecule has 0 radical (unpaired) electrons. The van der Waals surface area contributed by atoms with Crippen molar-refractivity contribution in [3.63, 3.8) is 0 Å². The maximum Gasteiger partial charge on any atom is 0.419 e. The first-order chi connectivity index (χ1) is 8.34. The molecule has 7 heteroatoms. The highest BCUT2D eigenvalue weighted by molar-refractivity contribution is 5.71. The molecule has 0 saturated carbocycles. The highest BCUT2D eigenvalue weighted by atomic mass is 19.4. The predicted molar refractivity (Wildman–Crippen MR) is 53.5 cm³/mol. The minimum atomic E-state index is -4.81. The van der Waals surface area contributed by atoms with Gasteiger partial charge in [-0.1, -0.05) is 0 Å². The van der Waals surface area contributed by atoms with Crippen LogP contribution in [0.5, 0.6) is 5.75 Å². The second-order valence-electron chi connectivity index (χ2n) is 3.23. The van der Waals surface area contributed by atoms with Gasteiger partial charge in [0.2, 0.25) is 0 Å². The van der Waals surface area contributed by atoms with Gasteiger partial charge in [-0.3, -0.25) is 0 Å². The van der Waals surface area contributed by atoms with Gasteiger partial charge in [-0.25, -0.2) is 9.18 Å². The SMILES string of the molecule is CCOC(=O)COc1ccc(F)c(C(F)(F)F)c1. The molecule has 1 rings (SSSR count). The number of rotatable bonds is 4. The van der Waals surface area contributed by atoms with Crippen molar-refractivity contribution in [2.45, 2.75) is 13.1 Å². The van der Waals surface area contributed by atoms with E-state index in [0.29, 0.717) is 12.1 Å². The van der Waals surface area contributed by atoms with Crippen LogP contribution in [0.25, 0.3) is 0 Å². The molecule has 0 N–H and O–H groups in total. The van der Waals surface area contributed by atoms with E-state index in [2.05, 4.69) is 4.74 Å². The van der Waals surface area contributed by atoms with Crippen molar-refractivity contribution in [1.29, 1.82) is 0 Å². The Morgan fingerprint density at radius 3 is 2.56 bits per heavy atom. The van der Waals surface area contributed by atoms with Crippen LogP contribution in [0.3, 0.4) is 0 Å². The minimum Gasteiger partial charge on any atom is -0.482 e. The van der Waals surface area contributed by atoms with E-state index >= 15 is 0 Å². The van der Waals surface area contributed by atoms with E-state index in [0.717, 1.165) is 6.07 Å². The molecule has 0 bridgehead atoms. The molecule has 0 saturated heterocycles. The van der Waals surface area contributed by atoms with E-state index in [1.165, 1.54) is 0 Å². The van der Waals surface area contributed by atoms with Gasteiger partial charge in [0.15, 0.2) is 6.61 Å². The standard InChI is InChI=1S/C11H10F4O3/c1-2-17-10(16)6-18-7-3-4-9(12)8(5-7)11(13,14)15/h3-5H,2,6H2,1H3. The first kappa shape index (κ1) is 14.3. The summed E-state index contributed by atoms with van der Waals surface area (Å²) in [7, 11) is 0. The molecule has 0 spiro atoms. The molecule has 3 nitrogen and oxygen atoms in total. The van der Waals surface area contributed by atoms with Crippen LogP contribution in [0, 0.1) is 5.82 Å². The quantitative estimate of drug-likeness (QED) is 0.621. The highest BCUT2D eigenvalue weighted by Crippen LogP contribution is 2.33. The first-order valence-electron chi connectivity index (χ1n) is 4.99. The van der Waals surface area contributed by atoms with Crippen LogP contribution in [0.4, 0.5) is 17.6 Å². The summed E-state index contributed by atoms with van der Waals surface area (Å²) in [6.07, 6.45) is -4.81. The fourth-order valence-electron chi connectivity index (χ4n) is 1.16. The minimum absolute atomic E-state index is 0.138. The van der Waals surface area contributed by atoms with Crippen LogP contribution >= 0.6 is 0 Å². The Labute approximate surface area is 100 Å². The molecule has 0 fully saturated rings. The lowest BCUT2D eigenvalue weighted by molar-refractivity contribution is -0.145. The van der Waals surface area contributed by atoms with Crippen molar-refractivity contribution in [3.8, 4) is 5.75 Å². The summed E-state index contributed by atoms with van der Waals surface area (Å²) >= 11 is 0. The van der Waals surface area contributed by atoms with Gasteiger partial charge >= 0.3 is 12.1 Å². The second kappa shape index (κ2) is 5.70. The van der Waals surface area contributed by atoms with Crippen LogP contribution in [0.2, 0.25) is 0 Å². The largest absolute Gasteiger partial charge is 0.482 e. The molecule has 0 aliphatic carbocycles. The van der Waals surface area contributed by atoms with E-state index < -0.39 is 30.1 Å². The lowest BCUT2D eigenvalue weighted by Gasteiger charge is -2.10. The summed E-state index contributed by atoms with van der Waals surface area (Å²) in [6.45, 7) is 1.19. The fraction of sp³-hybridized carbons (Fsp3) is 0.364. The summed E-state index contributed by atoms with van der Waals surface area (Å²) in [5.74, 6) is -2.36. The van der Waals surface area contributed by atoms with Crippen LogP contribution in [-0.2, 0) is 15.7 Å². The Morgan fingerprint density at radius 1 is 1.33 bits per heavy atom. The number of hydrogen-bond donors (Lipinski definition) is 0. The molecule has 0 aromatic heterocycles. The second-order valence-corrected chi connectivity index (χ2v) is 3.23. The molecule has 100 valence electrons. The summed E-state index contributed by atoms with van der Waals surface area (Å²) in [5.41, 5.74) is -1.44. The molecule has 1 aromatic rings. The lowest BCUT2D eigenvalue weighted by atomic mass is 10.2. The Kier molecular flexibility index (Phi) is 4.52. The van der Waals surface area contributed by atoms with Crippen molar-refractivity contribution in [3.05, 3.63) is 29.6 Å². The normalized spacial score (nSPS) is 11.2. The Morgan fingerprint density at radius 2 is 2.00 bits per heavy atom. The summed E-state index contributed by atoms with van der Waals surface area (Å²) in [4.78, 5) is 10.9. The van der Waals surface area contributed by atoms with Crippen LogP contribution in [-0.4, -0.2) is 19.2 Å². The van der Waals surface area contributed by atoms with Gasteiger partial charge in [-0.05, 0) is 25.1 Å². The zero-order chi connectivity index (χ0) is 13.8. The Hall–Kier alpha value is -1.79. The number of esters is 1. The Balaban J connectivity index is 2.77. The average Bonchev–Trinajstić information content (AvgIpc) is 2.27. The van der Waals surface area contributed by atoms with E-state index in [-0.39, 0.29) is 12.4 Å². The number of hydrogen-bond acceptors (Lipinski definition) is 3. The van der Waals surface area contributed by atoms with Crippen molar-refractivity contribution in [2.75, 3.05) is 13.2 Å². The monoisotopic (exact) mass is 266 g/mol. The van der Waals surface area contributed by atoms with E-state index in [1.54, 1.807) is 6.92 Å². The smallest absolute Gasteiger partial charge is 0.419 e. The number of benzene rings is 1. The molecule has 0 aliphatic rings. The van der Waals surface area contributed by atoms with Gasteiger partial charge in [0.05, 0.1) is 12.2 Å². The van der Waals surface area contributed by atoms with Crippen molar-refractivity contribution in [1.82, 2.24) is 0 Å². The number of carbonyl (C=O) groups excluding carboxylic acids is 1. The topological polar surface area (TPSA) is 35.5 Å². The molecular weight excluding hydrogens is 256 g/mol. The number of alkyl halides is 3. The van der Waals surface area contributed by atoms with E-state index in [1.807, 2.05) is 0 Å². The van der Waals surface area contributed by atoms with Crippen molar-refractivity contribution < 1.29 is 31.8 Å². The first-order valence-corrected chi connectivity index (χ1v) is 4.99. The van der Waals surface area contributed by atoms with Crippen molar-refractivity contribution >= 4 is 5.97 Å². The van der Waals surface area contributed by atoms with Gasteiger partial charge in [0.1, 0.15) is 11.6 Å². The van der Waals surface area contributed by atoms with Gasteiger partial charge < -0.3 is 9.47 Å². The molecule has 0 unspecified atom stereocenters. The van der Waals surface area contributed by atoms with Crippen LogP contribution in [0.1, 0.15) is 12.5 Å². The number of carbonyl (C=O) groups is 1. The molecular formula is C11H10F4O3. The highest BCUT2D eigenvalue weighted by Gasteiger charge is 2.34. The Bertz CT molecular complexity index is 429. The fourth-order valence-corrected chi connectivity index (χ4v) is 1.16. The molecule has 0 amide bonds. The molecule has 1 aromatic carbocycles. The third-order valence-electron chi connectivity index (χ3n) is 1.91. The zero-order valence-electron chi connectivity index (χ0n) is 9.38. The third kappa shape index (κ3) is 3.90. The van der Waals surface area contributed by atoms with Crippen LogP contribution < -0.4 is 4.74 Å². The predicted octanol–water partition coefficient (Wildman–Crippen LogP) is 2.79. The van der Waals surface area contributed by atoms with E-state index in [4.69, 9.17) is 4.74 Å². The molecule has 0 atom stereocenters. The zero-order valence-corrected chi connectivity index (χ0v) is 9.38. The summed E-state index contributed by atoms with van der Waals surface area (Å²) in [6, 6.07) is 2.13. The summed E-state index contributed by atoms with van der Waals surface area (Å²) < 4.78 is 59.3. The van der Waals surface area contributed by atoms with Crippen LogP contribution in [0.15, 0.2) is 18.2 Å². The summed E-state index contributed by atoms with van der Waals surface area (Å²) in [5, 5.41) is 0. The number of ether oxygens (including phenoxy) is 2. The average molecular weight is 266 g/mol. The van der Waals surface area contributed by atoms with Crippen molar-refractivity contribution in [2.24, 2.45) is 0 Å². The van der Waals surface area contributed by atoms with Gasteiger partial charge in [0.25, 0.3) is 0 Å². The maximum absolute atomic E-state index is 12.9.